The number of hydrogen-bond acceptors (Lipinski definition) is 2. The highest BCUT2D eigenvalue weighted by Gasteiger charge is 2.23. The third-order valence-electron chi connectivity index (χ3n) is 3.47. The van der Waals surface area contributed by atoms with Gasteiger partial charge in [-0.25, -0.2) is 4.39 Å². The maximum atomic E-state index is 13.0. The largest absolute Gasteiger partial charge is 0.349 e. The van der Waals surface area contributed by atoms with E-state index in [1.54, 1.807) is 24.3 Å². The van der Waals surface area contributed by atoms with E-state index in [1.165, 1.54) is 12.1 Å². The molecule has 4 nitrogen and oxygen atoms in total. The molecule has 0 radical (unpaired) electrons. The molecule has 118 valence electrons. The molecule has 23 heavy (non-hydrogen) atoms. The molecule has 1 aliphatic carbocycles. The van der Waals surface area contributed by atoms with Gasteiger partial charge in [0.05, 0.1) is 10.6 Å². The Morgan fingerprint density at radius 1 is 1.09 bits per heavy atom. The lowest BCUT2D eigenvalue weighted by Crippen LogP contribution is -2.25. The highest BCUT2D eigenvalue weighted by atomic mass is 35.5. The minimum atomic E-state index is -0.509. The van der Waals surface area contributed by atoms with Crippen LogP contribution >= 0.6 is 11.6 Å². The third kappa shape index (κ3) is 3.87. The molecule has 0 atom stereocenters. The van der Waals surface area contributed by atoms with Gasteiger partial charge in [0.25, 0.3) is 11.8 Å². The molecule has 0 heterocycles. The van der Waals surface area contributed by atoms with E-state index in [0.717, 1.165) is 18.9 Å². The Morgan fingerprint density at radius 2 is 1.87 bits per heavy atom. The summed E-state index contributed by atoms with van der Waals surface area (Å²) in [7, 11) is 0. The lowest BCUT2D eigenvalue weighted by atomic mass is 10.1. The zero-order valence-corrected chi connectivity index (χ0v) is 12.9. The standard InChI is InChI=1S/C17H14ClFN2O2/c18-15-9-11(19)4-7-14(15)17(23)21-13-3-1-2-10(8-13)16(22)20-12-5-6-12/h1-4,7-9,12H,5-6H2,(H,20,22)(H,21,23). The van der Waals surface area contributed by atoms with Crippen molar-refractivity contribution in [3.8, 4) is 0 Å². The Bertz CT molecular complexity index is 775. The lowest BCUT2D eigenvalue weighted by Gasteiger charge is -2.09. The van der Waals surface area contributed by atoms with Crippen molar-refractivity contribution in [2.75, 3.05) is 5.32 Å². The van der Waals surface area contributed by atoms with Crippen LogP contribution in [0.1, 0.15) is 33.6 Å². The van der Waals surface area contributed by atoms with Crippen LogP contribution < -0.4 is 10.6 Å². The van der Waals surface area contributed by atoms with Crippen molar-refractivity contribution < 1.29 is 14.0 Å². The third-order valence-corrected chi connectivity index (χ3v) is 3.78. The van der Waals surface area contributed by atoms with Gasteiger partial charge < -0.3 is 10.6 Å². The summed E-state index contributed by atoms with van der Waals surface area (Å²) in [6, 6.07) is 10.4. The minimum absolute atomic E-state index is 0.0325. The summed E-state index contributed by atoms with van der Waals surface area (Å²) < 4.78 is 13.0. The molecular formula is C17H14ClFN2O2. The first kappa shape index (κ1) is 15.5. The van der Waals surface area contributed by atoms with E-state index in [2.05, 4.69) is 10.6 Å². The van der Waals surface area contributed by atoms with Crippen LogP contribution in [-0.4, -0.2) is 17.9 Å². The molecule has 0 aliphatic heterocycles. The van der Waals surface area contributed by atoms with Gasteiger partial charge >= 0.3 is 0 Å². The molecule has 3 rings (SSSR count). The second kappa shape index (κ2) is 6.38. The normalized spacial score (nSPS) is 13.5. The van der Waals surface area contributed by atoms with Crippen molar-refractivity contribution in [3.05, 3.63) is 64.4 Å². The fraction of sp³-hybridized carbons (Fsp3) is 0.176. The van der Waals surface area contributed by atoms with Crippen LogP contribution in [0.15, 0.2) is 42.5 Å². The minimum Gasteiger partial charge on any atom is -0.349 e. The van der Waals surface area contributed by atoms with Crippen molar-refractivity contribution >= 4 is 29.1 Å². The molecule has 2 amide bonds. The van der Waals surface area contributed by atoms with E-state index in [0.29, 0.717) is 11.3 Å². The van der Waals surface area contributed by atoms with E-state index in [-0.39, 0.29) is 22.5 Å². The van der Waals surface area contributed by atoms with Gasteiger partial charge in [0.15, 0.2) is 0 Å². The number of carbonyl (C=O) groups is 2. The van der Waals surface area contributed by atoms with Crippen LogP contribution in [0.2, 0.25) is 5.02 Å². The van der Waals surface area contributed by atoms with E-state index in [1.807, 2.05) is 0 Å². The van der Waals surface area contributed by atoms with Crippen molar-refractivity contribution in [1.82, 2.24) is 5.32 Å². The zero-order chi connectivity index (χ0) is 16.4. The molecule has 0 spiro atoms. The number of nitrogens with one attached hydrogen (secondary N) is 2. The zero-order valence-electron chi connectivity index (χ0n) is 12.1. The first-order chi connectivity index (χ1) is 11.0. The van der Waals surface area contributed by atoms with Gasteiger partial charge in [0.1, 0.15) is 5.82 Å². The van der Waals surface area contributed by atoms with Crippen LogP contribution in [0.5, 0.6) is 0 Å². The highest BCUT2D eigenvalue weighted by molar-refractivity contribution is 6.34. The molecule has 0 saturated heterocycles. The molecule has 1 saturated carbocycles. The monoisotopic (exact) mass is 332 g/mol. The fourth-order valence-electron chi connectivity index (χ4n) is 2.11. The molecule has 0 bridgehead atoms. The number of hydrogen-bond donors (Lipinski definition) is 2. The molecule has 0 aromatic heterocycles. The van der Waals surface area contributed by atoms with Gasteiger partial charge in [-0.2, -0.15) is 0 Å². The van der Waals surface area contributed by atoms with Gasteiger partial charge in [0, 0.05) is 17.3 Å². The summed E-state index contributed by atoms with van der Waals surface area (Å²) in [5, 5.41) is 5.57. The molecule has 2 aromatic rings. The number of carbonyl (C=O) groups excluding carboxylic acids is 2. The first-order valence-electron chi connectivity index (χ1n) is 7.20. The first-order valence-corrected chi connectivity index (χ1v) is 7.58. The molecular weight excluding hydrogens is 319 g/mol. The maximum Gasteiger partial charge on any atom is 0.257 e. The molecule has 1 fully saturated rings. The number of benzene rings is 2. The lowest BCUT2D eigenvalue weighted by molar-refractivity contribution is 0.0949. The van der Waals surface area contributed by atoms with Crippen molar-refractivity contribution in [2.24, 2.45) is 0 Å². The molecule has 2 N–H and O–H groups in total. The predicted octanol–water partition coefficient (Wildman–Crippen LogP) is 3.62. The number of halogens is 2. The maximum absolute atomic E-state index is 13.0. The summed E-state index contributed by atoms with van der Waals surface area (Å²) in [5.74, 6) is -1.14. The van der Waals surface area contributed by atoms with Gasteiger partial charge in [-0.1, -0.05) is 17.7 Å². The summed E-state index contributed by atoms with van der Waals surface area (Å²) in [6.45, 7) is 0. The Kier molecular flexibility index (Phi) is 4.30. The topological polar surface area (TPSA) is 58.2 Å². The second-order valence-electron chi connectivity index (χ2n) is 5.41. The summed E-state index contributed by atoms with van der Waals surface area (Å²) in [6.07, 6.45) is 2.01. The van der Waals surface area contributed by atoms with Crippen LogP contribution in [0.25, 0.3) is 0 Å². The molecule has 0 unspecified atom stereocenters. The fourth-order valence-corrected chi connectivity index (χ4v) is 2.36. The van der Waals surface area contributed by atoms with Crippen LogP contribution in [0, 0.1) is 5.82 Å². The van der Waals surface area contributed by atoms with E-state index >= 15 is 0 Å². The average Bonchev–Trinajstić information content (AvgIpc) is 3.31. The molecule has 1 aliphatic rings. The van der Waals surface area contributed by atoms with Crippen molar-refractivity contribution in [3.63, 3.8) is 0 Å². The van der Waals surface area contributed by atoms with Crippen LogP contribution in [0.4, 0.5) is 10.1 Å². The van der Waals surface area contributed by atoms with Crippen molar-refractivity contribution in [1.29, 1.82) is 0 Å². The van der Waals surface area contributed by atoms with Crippen LogP contribution in [0.3, 0.4) is 0 Å². The van der Waals surface area contributed by atoms with Gasteiger partial charge in [-0.3, -0.25) is 9.59 Å². The van der Waals surface area contributed by atoms with E-state index in [9.17, 15) is 14.0 Å². The summed E-state index contributed by atoms with van der Waals surface area (Å²) in [4.78, 5) is 24.2. The Hall–Kier alpha value is -2.40. The number of amides is 2. The number of rotatable bonds is 4. The average molecular weight is 333 g/mol. The Labute approximate surface area is 137 Å². The predicted molar refractivity (Wildman–Crippen MR) is 86.3 cm³/mol. The van der Waals surface area contributed by atoms with Crippen LogP contribution in [-0.2, 0) is 0 Å². The summed E-state index contributed by atoms with van der Waals surface area (Å²) >= 11 is 5.87. The Morgan fingerprint density at radius 3 is 2.57 bits per heavy atom. The van der Waals surface area contributed by atoms with Gasteiger partial charge in [-0.15, -0.1) is 0 Å². The smallest absolute Gasteiger partial charge is 0.257 e. The van der Waals surface area contributed by atoms with E-state index < -0.39 is 11.7 Å². The highest BCUT2D eigenvalue weighted by Crippen LogP contribution is 2.21. The Balaban J connectivity index is 1.74. The van der Waals surface area contributed by atoms with Gasteiger partial charge in [0.2, 0.25) is 0 Å². The quantitative estimate of drug-likeness (QED) is 0.898. The molecule has 2 aromatic carbocycles. The number of anilines is 1. The van der Waals surface area contributed by atoms with E-state index in [4.69, 9.17) is 11.6 Å². The SMILES string of the molecule is O=C(NC1CC1)c1cccc(NC(=O)c2ccc(F)cc2Cl)c1. The molecule has 6 heteroatoms. The second-order valence-corrected chi connectivity index (χ2v) is 5.81. The van der Waals surface area contributed by atoms with Gasteiger partial charge in [-0.05, 0) is 49.2 Å². The summed E-state index contributed by atoms with van der Waals surface area (Å²) in [5.41, 5.74) is 1.11. The van der Waals surface area contributed by atoms with Crippen molar-refractivity contribution in [2.45, 2.75) is 18.9 Å².